The molecule has 0 spiro atoms. The number of rotatable bonds is 5. The third kappa shape index (κ3) is 3.95. The number of nitrogens with one attached hydrogen (secondary N) is 1. The largest absolute Gasteiger partial charge is 0.484 e. The Morgan fingerprint density at radius 1 is 1.07 bits per heavy atom. The maximum atomic E-state index is 12.9. The molecule has 4 aromatic rings. The molecule has 0 bridgehead atoms. The van der Waals surface area contributed by atoms with E-state index in [0.717, 1.165) is 16.9 Å². The summed E-state index contributed by atoms with van der Waals surface area (Å²) in [6, 6.07) is 18.8. The molecule has 0 radical (unpaired) electrons. The summed E-state index contributed by atoms with van der Waals surface area (Å²) in [6.07, 6.45) is 3.87. The fourth-order valence-electron chi connectivity index (χ4n) is 2.71. The Hall–Kier alpha value is -3.67. The molecule has 2 aromatic carbocycles. The Kier molecular flexibility index (Phi) is 4.53. The average molecular weight is 361 g/mol. The van der Waals surface area contributed by atoms with Crippen molar-refractivity contribution in [1.29, 1.82) is 0 Å². The van der Waals surface area contributed by atoms with Crippen LogP contribution in [-0.2, 0) is 4.79 Å². The number of carbonyl (C=O) groups is 1. The van der Waals surface area contributed by atoms with Crippen molar-refractivity contribution in [3.8, 4) is 17.0 Å². The van der Waals surface area contributed by atoms with Gasteiger partial charge in [0.2, 0.25) is 0 Å². The lowest BCUT2D eigenvalue weighted by molar-refractivity contribution is -0.118. The van der Waals surface area contributed by atoms with Gasteiger partial charge in [-0.05, 0) is 48.5 Å². The summed E-state index contributed by atoms with van der Waals surface area (Å²) in [5.74, 6) is -0.216. The second-order valence-corrected chi connectivity index (χ2v) is 5.96. The molecule has 0 unspecified atom stereocenters. The van der Waals surface area contributed by atoms with Crippen LogP contribution in [0.3, 0.4) is 0 Å². The van der Waals surface area contributed by atoms with E-state index in [0.29, 0.717) is 11.4 Å². The maximum Gasteiger partial charge on any atom is 0.262 e. The minimum Gasteiger partial charge on any atom is -0.484 e. The number of hydrogen-bond acceptors (Lipinski definition) is 3. The predicted octanol–water partition coefficient (Wildman–Crippen LogP) is 4.16. The highest BCUT2D eigenvalue weighted by atomic mass is 19.1. The standard InChI is InChI=1S/C21H16FN3O2/c22-16-7-9-18(10-8-16)27-14-21(26)23-17-5-3-4-15(12-17)19-13-25-11-2-1-6-20(25)24-19/h1-13H,14H2,(H,23,26). The van der Waals surface area contributed by atoms with E-state index in [1.165, 1.54) is 24.3 Å². The van der Waals surface area contributed by atoms with Crippen molar-refractivity contribution in [1.82, 2.24) is 9.38 Å². The number of halogens is 1. The van der Waals surface area contributed by atoms with E-state index < -0.39 is 0 Å². The zero-order chi connectivity index (χ0) is 18.6. The number of pyridine rings is 1. The molecule has 2 heterocycles. The van der Waals surface area contributed by atoms with Gasteiger partial charge in [0.15, 0.2) is 6.61 Å². The third-order valence-corrected chi connectivity index (χ3v) is 3.99. The number of amides is 1. The Morgan fingerprint density at radius 2 is 1.93 bits per heavy atom. The smallest absolute Gasteiger partial charge is 0.262 e. The first-order chi connectivity index (χ1) is 13.2. The van der Waals surface area contributed by atoms with Crippen LogP contribution in [0.25, 0.3) is 16.9 Å². The highest BCUT2D eigenvalue weighted by Gasteiger charge is 2.08. The SMILES string of the molecule is O=C(COc1ccc(F)cc1)Nc1cccc(-c2cn3ccccc3n2)c1. The first kappa shape index (κ1) is 16.8. The molecule has 27 heavy (non-hydrogen) atoms. The molecule has 0 saturated carbocycles. The summed E-state index contributed by atoms with van der Waals surface area (Å²) in [5, 5.41) is 2.79. The van der Waals surface area contributed by atoms with Crippen molar-refractivity contribution in [2.24, 2.45) is 0 Å². The first-order valence-electron chi connectivity index (χ1n) is 8.40. The van der Waals surface area contributed by atoms with Crippen LogP contribution in [0.2, 0.25) is 0 Å². The topological polar surface area (TPSA) is 55.6 Å². The van der Waals surface area contributed by atoms with Gasteiger partial charge in [0, 0.05) is 23.6 Å². The number of ether oxygens (including phenoxy) is 1. The van der Waals surface area contributed by atoms with E-state index in [4.69, 9.17) is 4.74 Å². The first-order valence-corrected chi connectivity index (χ1v) is 8.40. The highest BCUT2D eigenvalue weighted by molar-refractivity contribution is 5.92. The van der Waals surface area contributed by atoms with Crippen LogP contribution in [-0.4, -0.2) is 21.9 Å². The second-order valence-electron chi connectivity index (χ2n) is 5.96. The van der Waals surface area contributed by atoms with Crippen molar-refractivity contribution in [2.75, 3.05) is 11.9 Å². The van der Waals surface area contributed by atoms with Crippen LogP contribution < -0.4 is 10.1 Å². The van der Waals surface area contributed by atoms with Gasteiger partial charge in [-0.15, -0.1) is 0 Å². The Balaban J connectivity index is 1.44. The van der Waals surface area contributed by atoms with Crippen LogP contribution in [0, 0.1) is 5.82 Å². The average Bonchev–Trinajstić information content (AvgIpc) is 3.12. The minimum atomic E-state index is -0.351. The Bertz CT molecular complexity index is 1060. The summed E-state index contributed by atoms with van der Waals surface area (Å²) in [7, 11) is 0. The molecule has 134 valence electrons. The van der Waals surface area contributed by atoms with E-state index in [2.05, 4.69) is 10.3 Å². The molecule has 4 rings (SSSR count). The van der Waals surface area contributed by atoms with Crippen LogP contribution in [0.5, 0.6) is 5.75 Å². The number of imidazole rings is 1. The summed E-state index contributed by atoms with van der Waals surface area (Å²) < 4.78 is 20.2. The zero-order valence-corrected chi connectivity index (χ0v) is 14.3. The van der Waals surface area contributed by atoms with E-state index in [1.54, 1.807) is 6.07 Å². The normalized spacial score (nSPS) is 10.7. The quantitative estimate of drug-likeness (QED) is 0.581. The van der Waals surface area contributed by atoms with Gasteiger partial charge in [0.25, 0.3) is 5.91 Å². The molecule has 0 aliphatic carbocycles. The zero-order valence-electron chi connectivity index (χ0n) is 14.3. The van der Waals surface area contributed by atoms with Gasteiger partial charge in [-0.3, -0.25) is 4.79 Å². The van der Waals surface area contributed by atoms with Crippen molar-refractivity contribution >= 4 is 17.2 Å². The summed E-state index contributed by atoms with van der Waals surface area (Å²) in [4.78, 5) is 16.7. The molecular formula is C21H16FN3O2. The maximum absolute atomic E-state index is 12.9. The molecule has 2 aromatic heterocycles. The van der Waals surface area contributed by atoms with Crippen molar-refractivity contribution in [2.45, 2.75) is 0 Å². The van der Waals surface area contributed by atoms with E-state index in [1.807, 2.05) is 53.2 Å². The fraction of sp³-hybridized carbons (Fsp3) is 0.0476. The number of aromatic nitrogens is 2. The molecule has 0 saturated heterocycles. The van der Waals surface area contributed by atoms with E-state index in [-0.39, 0.29) is 18.3 Å². The summed E-state index contributed by atoms with van der Waals surface area (Å²) in [5.41, 5.74) is 3.22. The molecule has 5 nitrogen and oxygen atoms in total. The van der Waals surface area contributed by atoms with Gasteiger partial charge < -0.3 is 14.5 Å². The van der Waals surface area contributed by atoms with Crippen molar-refractivity contribution in [3.63, 3.8) is 0 Å². The van der Waals surface area contributed by atoms with Gasteiger partial charge in [-0.1, -0.05) is 18.2 Å². The molecule has 0 fully saturated rings. The molecule has 0 aliphatic rings. The van der Waals surface area contributed by atoms with E-state index >= 15 is 0 Å². The van der Waals surface area contributed by atoms with Gasteiger partial charge in [0.1, 0.15) is 17.2 Å². The lowest BCUT2D eigenvalue weighted by atomic mass is 10.1. The monoisotopic (exact) mass is 361 g/mol. The lowest BCUT2D eigenvalue weighted by Gasteiger charge is -2.08. The van der Waals surface area contributed by atoms with Crippen LogP contribution in [0.1, 0.15) is 0 Å². The van der Waals surface area contributed by atoms with Gasteiger partial charge >= 0.3 is 0 Å². The lowest BCUT2D eigenvalue weighted by Crippen LogP contribution is -2.20. The van der Waals surface area contributed by atoms with Crippen LogP contribution in [0.4, 0.5) is 10.1 Å². The molecule has 1 amide bonds. The fourth-order valence-corrected chi connectivity index (χ4v) is 2.71. The van der Waals surface area contributed by atoms with Crippen molar-refractivity contribution in [3.05, 3.63) is 84.9 Å². The van der Waals surface area contributed by atoms with E-state index in [9.17, 15) is 9.18 Å². The molecule has 1 N–H and O–H groups in total. The summed E-state index contributed by atoms with van der Waals surface area (Å²) >= 11 is 0. The Morgan fingerprint density at radius 3 is 2.74 bits per heavy atom. The van der Waals surface area contributed by atoms with Gasteiger partial charge in [-0.2, -0.15) is 0 Å². The molecule has 0 aliphatic heterocycles. The van der Waals surface area contributed by atoms with Gasteiger partial charge in [0.05, 0.1) is 5.69 Å². The predicted molar refractivity (Wildman–Crippen MR) is 101 cm³/mol. The number of nitrogens with zero attached hydrogens (tertiary/aromatic N) is 2. The van der Waals surface area contributed by atoms with Crippen LogP contribution >= 0.6 is 0 Å². The molecular weight excluding hydrogens is 345 g/mol. The van der Waals surface area contributed by atoms with Crippen LogP contribution in [0.15, 0.2) is 79.1 Å². The Labute approximate surface area is 155 Å². The number of anilines is 1. The number of fused-ring (bicyclic) bond motifs is 1. The number of benzene rings is 2. The second kappa shape index (κ2) is 7.29. The molecule has 0 atom stereocenters. The number of hydrogen-bond donors (Lipinski definition) is 1. The van der Waals surface area contributed by atoms with Gasteiger partial charge in [-0.25, -0.2) is 9.37 Å². The number of carbonyl (C=O) groups excluding carboxylic acids is 1. The van der Waals surface area contributed by atoms with Crippen molar-refractivity contribution < 1.29 is 13.9 Å². The summed E-state index contributed by atoms with van der Waals surface area (Å²) in [6.45, 7) is -0.162. The third-order valence-electron chi connectivity index (χ3n) is 3.99. The molecule has 6 heteroatoms. The highest BCUT2D eigenvalue weighted by Crippen LogP contribution is 2.22. The minimum absolute atomic E-state index is 0.162.